The van der Waals surface area contributed by atoms with Crippen molar-refractivity contribution in [3.8, 4) is 11.5 Å². The molecule has 0 aliphatic rings. The highest BCUT2D eigenvalue weighted by Crippen LogP contribution is 2.27. The molecular formula is C25H28N2O2. The summed E-state index contributed by atoms with van der Waals surface area (Å²) in [6.07, 6.45) is 6.38. The Morgan fingerprint density at radius 2 is 1.62 bits per heavy atom. The van der Waals surface area contributed by atoms with Crippen molar-refractivity contribution in [1.82, 2.24) is 9.88 Å². The van der Waals surface area contributed by atoms with Crippen LogP contribution in [0.1, 0.15) is 36.0 Å². The maximum absolute atomic E-state index is 12.8. The summed E-state index contributed by atoms with van der Waals surface area (Å²) < 4.78 is 5.97. The van der Waals surface area contributed by atoms with Crippen LogP contribution in [0.5, 0.6) is 11.5 Å². The standard InChI is InChI=1S/C25H28N2O2/c1-4-6-19-8-12-22(13-9-19)29-23-14-10-21(11-15-23)24(25(28)27(2)3)17-20-7-5-16-26-18-20/h5,7-16,18,24H,4,6,17H2,1-3H3. The minimum absolute atomic E-state index is 0.0778. The first kappa shape index (κ1) is 20.6. The van der Waals surface area contributed by atoms with E-state index >= 15 is 0 Å². The van der Waals surface area contributed by atoms with Gasteiger partial charge in [0.15, 0.2) is 0 Å². The van der Waals surface area contributed by atoms with E-state index in [1.165, 1.54) is 5.56 Å². The Kier molecular flexibility index (Phi) is 7.01. The zero-order valence-electron chi connectivity index (χ0n) is 17.3. The minimum atomic E-state index is -0.253. The maximum Gasteiger partial charge on any atom is 0.229 e. The van der Waals surface area contributed by atoms with Crippen molar-refractivity contribution in [3.05, 3.63) is 89.7 Å². The van der Waals surface area contributed by atoms with Gasteiger partial charge in [-0.05, 0) is 59.9 Å². The van der Waals surface area contributed by atoms with Gasteiger partial charge in [-0.1, -0.05) is 43.7 Å². The Balaban J connectivity index is 1.75. The molecule has 0 aliphatic carbocycles. The van der Waals surface area contributed by atoms with Crippen molar-refractivity contribution < 1.29 is 9.53 Å². The number of pyridine rings is 1. The van der Waals surface area contributed by atoms with E-state index in [1.807, 2.05) is 54.7 Å². The van der Waals surface area contributed by atoms with E-state index in [2.05, 4.69) is 24.0 Å². The summed E-state index contributed by atoms with van der Waals surface area (Å²) in [7, 11) is 3.58. The molecular weight excluding hydrogens is 360 g/mol. The van der Waals surface area contributed by atoms with Crippen LogP contribution < -0.4 is 4.74 Å². The van der Waals surface area contributed by atoms with Crippen molar-refractivity contribution in [3.63, 3.8) is 0 Å². The second kappa shape index (κ2) is 9.87. The lowest BCUT2D eigenvalue weighted by Gasteiger charge is -2.21. The van der Waals surface area contributed by atoms with Crippen LogP contribution in [0.2, 0.25) is 0 Å². The van der Waals surface area contributed by atoms with Gasteiger partial charge in [0.05, 0.1) is 5.92 Å². The van der Waals surface area contributed by atoms with Gasteiger partial charge in [0.1, 0.15) is 11.5 Å². The molecule has 1 aromatic heterocycles. The summed E-state index contributed by atoms with van der Waals surface area (Å²) in [6.45, 7) is 2.18. The lowest BCUT2D eigenvalue weighted by atomic mass is 9.91. The van der Waals surface area contributed by atoms with Crippen LogP contribution in [0.4, 0.5) is 0 Å². The lowest BCUT2D eigenvalue weighted by molar-refractivity contribution is -0.130. The summed E-state index contributed by atoms with van der Waals surface area (Å²) in [6, 6.07) is 19.9. The Bertz CT molecular complexity index is 904. The van der Waals surface area contributed by atoms with Crippen LogP contribution in [0.25, 0.3) is 0 Å². The van der Waals surface area contributed by atoms with Crippen molar-refractivity contribution in [2.45, 2.75) is 32.1 Å². The van der Waals surface area contributed by atoms with Crippen molar-refractivity contribution in [2.24, 2.45) is 0 Å². The molecule has 0 radical (unpaired) electrons. The van der Waals surface area contributed by atoms with Crippen LogP contribution >= 0.6 is 0 Å². The highest BCUT2D eigenvalue weighted by atomic mass is 16.5. The largest absolute Gasteiger partial charge is 0.457 e. The van der Waals surface area contributed by atoms with Gasteiger partial charge in [-0.2, -0.15) is 0 Å². The number of likely N-dealkylation sites (N-methyl/N-ethyl adjacent to an activating group) is 1. The highest BCUT2D eigenvalue weighted by Gasteiger charge is 2.23. The van der Waals surface area contributed by atoms with E-state index in [-0.39, 0.29) is 11.8 Å². The topological polar surface area (TPSA) is 42.4 Å². The minimum Gasteiger partial charge on any atom is -0.457 e. The normalized spacial score (nSPS) is 11.7. The molecule has 0 fully saturated rings. The van der Waals surface area contributed by atoms with Gasteiger partial charge in [0.2, 0.25) is 5.91 Å². The fourth-order valence-electron chi connectivity index (χ4n) is 3.33. The van der Waals surface area contributed by atoms with E-state index < -0.39 is 0 Å². The number of aromatic nitrogens is 1. The van der Waals surface area contributed by atoms with Crippen LogP contribution in [-0.2, 0) is 17.6 Å². The van der Waals surface area contributed by atoms with Gasteiger partial charge in [0, 0.05) is 26.5 Å². The number of nitrogens with zero attached hydrogens (tertiary/aromatic N) is 2. The SMILES string of the molecule is CCCc1ccc(Oc2ccc(C(Cc3cccnc3)C(=O)N(C)C)cc2)cc1. The molecule has 0 spiro atoms. The molecule has 2 aromatic carbocycles. The van der Waals surface area contributed by atoms with Gasteiger partial charge < -0.3 is 9.64 Å². The van der Waals surface area contributed by atoms with Crippen LogP contribution in [0, 0.1) is 0 Å². The highest BCUT2D eigenvalue weighted by molar-refractivity contribution is 5.83. The van der Waals surface area contributed by atoms with Gasteiger partial charge in [-0.15, -0.1) is 0 Å². The van der Waals surface area contributed by atoms with Gasteiger partial charge in [-0.25, -0.2) is 0 Å². The van der Waals surface area contributed by atoms with E-state index in [1.54, 1.807) is 25.2 Å². The second-order valence-corrected chi connectivity index (χ2v) is 7.42. The number of hydrogen-bond acceptors (Lipinski definition) is 3. The third-order valence-electron chi connectivity index (χ3n) is 4.88. The Labute approximate surface area is 173 Å². The molecule has 0 N–H and O–H groups in total. The number of amides is 1. The van der Waals surface area contributed by atoms with E-state index in [0.717, 1.165) is 35.5 Å². The first-order chi connectivity index (χ1) is 14.1. The van der Waals surface area contributed by atoms with Gasteiger partial charge in [0.25, 0.3) is 0 Å². The lowest BCUT2D eigenvalue weighted by Crippen LogP contribution is -2.29. The van der Waals surface area contributed by atoms with Gasteiger partial charge in [-0.3, -0.25) is 9.78 Å². The molecule has 0 saturated carbocycles. The third-order valence-corrected chi connectivity index (χ3v) is 4.88. The summed E-state index contributed by atoms with van der Waals surface area (Å²) in [4.78, 5) is 18.6. The Morgan fingerprint density at radius 1 is 0.966 bits per heavy atom. The van der Waals surface area contributed by atoms with Crippen molar-refractivity contribution in [2.75, 3.05) is 14.1 Å². The van der Waals surface area contributed by atoms with Crippen LogP contribution in [-0.4, -0.2) is 29.9 Å². The number of carbonyl (C=O) groups is 1. The fourth-order valence-corrected chi connectivity index (χ4v) is 3.33. The van der Waals surface area contributed by atoms with Crippen molar-refractivity contribution in [1.29, 1.82) is 0 Å². The number of ether oxygens (including phenoxy) is 1. The maximum atomic E-state index is 12.8. The van der Waals surface area contributed by atoms with E-state index in [0.29, 0.717) is 6.42 Å². The summed E-state index contributed by atoms with van der Waals surface area (Å²) in [5.41, 5.74) is 3.33. The van der Waals surface area contributed by atoms with Crippen LogP contribution in [0.15, 0.2) is 73.1 Å². The quantitative estimate of drug-likeness (QED) is 0.530. The number of hydrogen-bond donors (Lipinski definition) is 0. The number of benzene rings is 2. The van der Waals surface area contributed by atoms with Crippen LogP contribution in [0.3, 0.4) is 0 Å². The van der Waals surface area contributed by atoms with Gasteiger partial charge >= 0.3 is 0 Å². The molecule has 1 heterocycles. The molecule has 29 heavy (non-hydrogen) atoms. The monoisotopic (exact) mass is 388 g/mol. The number of rotatable bonds is 8. The smallest absolute Gasteiger partial charge is 0.229 e. The first-order valence-electron chi connectivity index (χ1n) is 10.0. The molecule has 1 unspecified atom stereocenters. The summed E-state index contributed by atoms with van der Waals surface area (Å²) in [5, 5.41) is 0. The molecule has 4 heteroatoms. The third kappa shape index (κ3) is 5.67. The first-order valence-corrected chi connectivity index (χ1v) is 10.0. The van der Waals surface area contributed by atoms with E-state index in [9.17, 15) is 4.79 Å². The molecule has 0 saturated heterocycles. The molecule has 3 rings (SSSR count). The fraction of sp³-hybridized carbons (Fsp3) is 0.280. The zero-order valence-corrected chi connectivity index (χ0v) is 17.3. The molecule has 1 amide bonds. The van der Waals surface area contributed by atoms with Crippen molar-refractivity contribution >= 4 is 5.91 Å². The number of carbonyl (C=O) groups excluding carboxylic acids is 1. The molecule has 150 valence electrons. The molecule has 0 aliphatic heterocycles. The molecule has 4 nitrogen and oxygen atoms in total. The predicted molar refractivity (Wildman–Crippen MR) is 116 cm³/mol. The second-order valence-electron chi connectivity index (χ2n) is 7.42. The average Bonchev–Trinajstić information content (AvgIpc) is 2.74. The number of aryl methyl sites for hydroxylation is 1. The predicted octanol–water partition coefficient (Wildman–Crippen LogP) is 5.24. The molecule has 1 atom stereocenters. The van der Waals surface area contributed by atoms with E-state index in [4.69, 9.17) is 4.74 Å². The summed E-state index contributed by atoms with van der Waals surface area (Å²) in [5.74, 6) is 1.40. The Morgan fingerprint density at radius 3 is 2.17 bits per heavy atom. The zero-order chi connectivity index (χ0) is 20.6. The molecule has 3 aromatic rings. The summed E-state index contributed by atoms with van der Waals surface area (Å²) >= 11 is 0. The Hall–Kier alpha value is -3.14. The molecule has 0 bridgehead atoms. The average molecular weight is 389 g/mol.